The zero-order valence-corrected chi connectivity index (χ0v) is 13.8. The van der Waals surface area contributed by atoms with Gasteiger partial charge in [0.2, 0.25) is 0 Å². The minimum Gasteiger partial charge on any atom is -0.383 e. The Balaban J connectivity index is 2.40. The summed E-state index contributed by atoms with van der Waals surface area (Å²) in [6, 6.07) is 0.291. The molecule has 1 N–H and O–H groups in total. The van der Waals surface area contributed by atoms with Crippen LogP contribution >= 0.6 is 0 Å². The summed E-state index contributed by atoms with van der Waals surface area (Å²) in [5.74, 6) is 0. The molecule has 1 aliphatic rings. The Morgan fingerprint density at radius 1 is 1.45 bits per heavy atom. The van der Waals surface area contributed by atoms with Gasteiger partial charge in [0.05, 0.1) is 6.61 Å². The Hall–Kier alpha value is -0.210. The van der Waals surface area contributed by atoms with E-state index in [4.69, 9.17) is 4.74 Å². The minimum absolute atomic E-state index is 0.291. The Labute approximate surface area is 123 Å². The number of hydrogen-bond donors (Lipinski definition) is 1. The van der Waals surface area contributed by atoms with Gasteiger partial charge in [-0.1, -0.05) is 13.3 Å². The monoisotopic (exact) mass is 307 g/mol. The van der Waals surface area contributed by atoms with Crippen LogP contribution in [0.25, 0.3) is 0 Å². The fourth-order valence-corrected chi connectivity index (χ4v) is 3.43. The highest BCUT2D eigenvalue weighted by atomic mass is 32.2. The van der Waals surface area contributed by atoms with E-state index in [1.54, 1.807) is 14.2 Å². The molecule has 7 heteroatoms. The summed E-state index contributed by atoms with van der Waals surface area (Å²) in [5, 5.41) is 0. The highest BCUT2D eigenvalue weighted by Crippen LogP contribution is 2.16. The lowest BCUT2D eigenvalue weighted by Gasteiger charge is -2.25. The van der Waals surface area contributed by atoms with E-state index in [1.165, 1.54) is 4.31 Å². The number of nitrogens with one attached hydrogen (secondary N) is 1. The van der Waals surface area contributed by atoms with Crippen LogP contribution in [0.2, 0.25) is 0 Å². The first kappa shape index (κ1) is 17.8. The lowest BCUT2D eigenvalue weighted by Crippen LogP contribution is -2.45. The van der Waals surface area contributed by atoms with Gasteiger partial charge >= 0.3 is 0 Å². The quantitative estimate of drug-likeness (QED) is 0.644. The molecule has 1 aliphatic heterocycles. The number of unbranched alkanes of at least 4 members (excludes halogenated alkanes) is 1. The van der Waals surface area contributed by atoms with Crippen LogP contribution in [-0.4, -0.2) is 70.6 Å². The predicted molar refractivity (Wildman–Crippen MR) is 80.9 cm³/mol. The van der Waals surface area contributed by atoms with E-state index in [0.717, 1.165) is 38.8 Å². The summed E-state index contributed by atoms with van der Waals surface area (Å²) in [6.45, 7) is 5.71. The molecular weight excluding hydrogens is 278 g/mol. The average molecular weight is 307 g/mol. The van der Waals surface area contributed by atoms with Crippen molar-refractivity contribution in [1.29, 1.82) is 0 Å². The smallest absolute Gasteiger partial charge is 0.279 e. The van der Waals surface area contributed by atoms with Crippen molar-refractivity contribution in [1.82, 2.24) is 13.9 Å². The van der Waals surface area contributed by atoms with Crippen LogP contribution in [0.4, 0.5) is 0 Å². The molecule has 0 aliphatic carbocycles. The zero-order valence-electron chi connectivity index (χ0n) is 13.0. The highest BCUT2D eigenvalue weighted by molar-refractivity contribution is 7.87. The highest BCUT2D eigenvalue weighted by Gasteiger charge is 2.26. The molecular formula is C13H29N3O3S. The molecule has 6 nitrogen and oxygen atoms in total. The molecule has 20 heavy (non-hydrogen) atoms. The van der Waals surface area contributed by atoms with E-state index in [-0.39, 0.29) is 0 Å². The Bertz CT molecular complexity index is 362. The molecule has 0 aromatic heterocycles. The molecule has 120 valence electrons. The largest absolute Gasteiger partial charge is 0.383 e. The first-order chi connectivity index (χ1) is 9.51. The van der Waals surface area contributed by atoms with Gasteiger partial charge in [0.15, 0.2) is 0 Å². The van der Waals surface area contributed by atoms with Gasteiger partial charge in [0, 0.05) is 39.8 Å². The number of nitrogens with zero attached hydrogens (tertiary/aromatic N) is 2. The molecule has 1 rings (SSSR count). The Morgan fingerprint density at radius 2 is 2.20 bits per heavy atom. The maximum Gasteiger partial charge on any atom is 0.279 e. The predicted octanol–water partition coefficient (Wildman–Crippen LogP) is 0.664. The van der Waals surface area contributed by atoms with Crippen molar-refractivity contribution < 1.29 is 13.2 Å². The van der Waals surface area contributed by atoms with Crippen molar-refractivity contribution in [2.75, 3.05) is 46.9 Å². The van der Waals surface area contributed by atoms with Gasteiger partial charge in [0.25, 0.3) is 10.2 Å². The number of methoxy groups -OCH3 is 1. The summed E-state index contributed by atoms with van der Waals surface area (Å²) < 4.78 is 33.4. The van der Waals surface area contributed by atoms with E-state index in [0.29, 0.717) is 25.7 Å². The van der Waals surface area contributed by atoms with Crippen LogP contribution in [-0.2, 0) is 14.9 Å². The number of ether oxygens (including phenoxy) is 1. The molecule has 0 aromatic carbocycles. The van der Waals surface area contributed by atoms with Crippen molar-refractivity contribution in [3.63, 3.8) is 0 Å². The molecule has 0 amide bonds. The lowest BCUT2D eigenvalue weighted by atomic mass is 10.2. The maximum atomic E-state index is 12.1. The Kier molecular flexibility index (Phi) is 7.98. The van der Waals surface area contributed by atoms with E-state index in [2.05, 4.69) is 16.5 Å². The third-order valence-corrected chi connectivity index (χ3v) is 5.35. The van der Waals surface area contributed by atoms with Gasteiger partial charge in [0.1, 0.15) is 0 Å². The number of hydrogen-bond acceptors (Lipinski definition) is 4. The third kappa shape index (κ3) is 5.65. The molecule has 0 radical (unpaired) electrons. The lowest BCUT2D eigenvalue weighted by molar-refractivity contribution is 0.141. The summed E-state index contributed by atoms with van der Waals surface area (Å²) in [4.78, 5) is 2.30. The first-order valence-electron chi connectivity index (χ1n) is 7.45. The minimum atomic E-state index is -3.34. The molecule has 0 saturated carbocycles. The standard InChI is InChI=1S/C13H29N3O3S/c1-4-5-8-15(2)20(17,18)14-12-13-7-6-9-16(13)10-11-19-3/h13-14H,4-12H2,1-3H3/t13-/m0/s1. The topological polar surface area (TPSA) is 61.9 Å². The van der Waals surface area contributed by atoms with Crippen molar-refractivity contribution in [3.8, 4) is 0 Å². The van der Waals surface area contributed by atoms with Gasteiger partial charge in [-0.25, -0.2) is 4.72 Å². The van der Waals surface area contributed by atoms with Crippen molar-refractivity contribution in [2.24, 2.45) is 0 Å². The van der Waals surface area contributed by atoms with Crippen LogP contribution < -0.4 is 4.72 Å². The summed E-state index contributed by atoms with van der Waals surface area (Å²) in [6.07, 6.45) is 4.06. The van der Waals surface area contributed by atoms with Gasteiger partial charge in [-0.15, -0.1) is 0 Å². The van der Waals surface area contributed by atoms with Crippen LogP contribution in [0.3, 0.4) is 0 Å². The molecule has 0 unspecified atom stereocenters. The van der Waals surface area contributed by atoms with Crippen LogP contribution in [0.5, 0.6) is 0 Å². The van der Waals surface area contributed by atoms with E-state index in [1.807, 2.05) is 0 Å². The van der Waals surface area contributed by atoms with Gasteiger partial charge < -0.3 is 4.74 Å². The van der Waals surface area contributed by atoms with Crippen LogP contribution in [0.1, 0.15) is 32.6 Å². The number of likely N-dealkylation sites (tertiary alicyclic amines) is 1. The Morgan fingerprint density at radius 3 is 2.85 bits per heavy atom. The second kappa shape index (κ2) is 8.94. The second-order valence-electron chi connectivity index (χ2n) is 5.35. The SMILES string of the molecule is CCCCN(C)S(=O)(=O)NC[C@@H]1CCCN1CCOC. The van der Waals surface area contributed by atoms with Crippen LogP contribution in [0.15, 0.2) is 0 Å². The molecule has 0 bridgehead atoms. The molecule has 1 heterocycles. The van der Waals surface area contributed by atoms with E-state index in [9.17, 15) is 8.42 Å². The van der Waals surface area contributed by atoms with Gasteiger partial charge in [-0.05, 0) is 25.8 Å². The third-order valence-electron chi connectivity index (χ3n) is 3.82. The molecule has 1 fully saturated rings. The summed E-state index contributed by atoms with van der Waals surface area (Å²) in [7, 11) is -0.0133. The second-order valence-corrected chi connectivity index (χ2v) is 7.22. The molecule has 0 spiro atoms. The molecule has 1 saturated heterocycles. The number of rotatable bonds is 10. The van der Waals surface area contributed by atoms with Crippen LogP contribution in [0, 0.1) is 0 Å². The molecule has 1 atom stereocenters. The van der Waals surface area contributed by atoms with Crippen molar-refractivity contribution in [3.05, 3.63) is 0 Å². The fraction of sp³-hybridized carbons (Fsp3) is 1.00. The normalized spacial score (nSPS) is 20.9. The van der Waals surface area contributed by atoms with Crippen molar-refractivity contribution >= 4 is 10.2 Å². The van der Waals surface area contributed by atoms with Crippen molar-refractivity contribution in [2.45, 2.75) is 38.6 Å². The summed E-state index contributed by atoms with van der Waals surface area (Å²) in [5.41, 5.74) is 0. The van der Waals surface area contributed by atoms with E-state index >= 15 is 0 Å². The average Bonchev–Trinajstić information content (AvgIpc) is 2.87. The van der Waals surface area contributed by atoms with E-state index < -0.39 is 10.2 Å². The first-order valence-corrected chi connectivity index (χ1v) is 8.89. The molecule has 0 aromatic rings. The van der Waals surface area contributed by atoms with Gasteiger partial charge in [-0.3, -0.25) is 4.90 Å². The van der Waals surface area contributed by atoms with Gasteiger partial charge in [-0.2, -0.15) is 12.7 Å². The zero-order chi connectivity index (χ0) is 15.0. The maximum absolute atomic E-state index is 12.1. The summed E-state index contributed by atoms with van der Waals surface area (Å²) >= 11 is 0. The fourth-order valence-electron chi connectivity index (χ4n) is 2.44.